The average Bonchev–Trinajstić information content (AvgIpc) is 3.17. The van der Waals surface area contributed by atoms with Crippen molar-refractivity contribution in [3.63, 3.8) is 0 Å². The van der Waals surface area contributed by atoms with Gasteiger partial charge in [0, 0.05) is 12.6 Å². The van der Waals surface area contributed by atoms with E-state index in [2.05, 4.69) is 10.5 Å². The van der Waals surface area contributed by atoms with Gasteiger partial charge in [0.2, 0.25) is 15.9 Å². The first-order chi connectivity index (χ1) is 12.2. The van der Waals surface area contributed by atoms with E-state index in [4.69, 9.17) is 4.52 Å². The molecule has 1 aromatic carbocycles. The lowest BCUT2D eigenvalue weighted by molar-refractivity contribution is -0.119. The van der Waals surface area contributed by atoms with Crippen LogP contribution < -0.4 is 5.32 Å². The fourth-order valence-corrected chi connectivity index (χ4v) is 5.01. The summed E-state index contributed by atoms with van der Waals surface area (Å²) in [4.78, 5) is 12.5. The summed E-state index contributed by atoms with van der Waals surface area (Å²) in [7, 11) is -4.00. The first-order valence-electron chi connectivity index (χ1n) is 7.92. The zero-order valence-corrected chi connectivity index (χ0v) is 14.9. The summed E-state index contributed by atoms with van der Waals surface area (Å²) < 4.78 is 58.6. The molecular formula is C16H17F2N3O4S. The number of aryl methyl sites for hydroxylation is 2. The fourth-order valence-electron chi connectivity index (χ4n) is 3.06. The molecule has 0 radical (unpaired) electrons. The fraction of sp³-hybridized carbons (Fsp3) is 0.375. The topological polar surface area (TPSA) is 92.5 Å². The normalized spacial score (nSPS) is 18.2. The first kappa shape index (κ1) is 18.5. The summed E-state index contributed by atoms with van der Waals surface area (Å²) in [5.74, 6) is -2.25. The number of halogens is 2. The lowest BCUT2D eigenvalue weighted by atomic mass is 10.2. The van der Waals surface area contributed by atoms with Gasteiger partial charge in [0.05, 0.1) is 5.69 Å². The minimum Gasteiger partial charge on any atom is -0.360 e. The van der Waals surface area contributed by atoms with E-state index in [0.717, 1.165) is 16.4 Å². The molecule has 1 aliphatic heterocycles. The van der Waals surface area contributed by atoms with Crippen LogP contribution >= 0.6 is 0 Å². The number of sulfonamides is 1. The Hall–Kier alpha value is -2.33. The molecular weight excluding hydrogens is 368 g/mol. The number of nitrogens with zero attached hydrogens (tertiary/aromatic N) is 2. The number of benzene rings is 1. The van der Waals surface area contributed by atoms with E-state index in [1.807, 2.05) is 0 Å². The van der Waals surface area contributed by atoms with Crippen molar-refractivity contribution in [2.45, 2.75) is 37.6 Å². The summed E-state index contributed by atoms with van der Waals surface area (Å²) in [6.07, 6.45) is 0.768. The summed E-state index contributed by atoms with van der Waals surface area (Å²) in [6.45, 7) is 3.13. The molecule has 1 atom stereocenters. The van der Waals surface area contributed by atoms with Gasteiger partial charge in [-0.1, -0.05) is 5.16 Å². The molecule has 1 amide bonds. The Morgan fingerprint density at radius 3 is 2.69 bits per heavy atom. The van der Waals surface area contributed by atoms with Crippen LogP contribution in [-0.4, -0.2) is 36.4 Å². The van der Waals surface area contributed by atoms with Crippen molar-refractivity contribution in [3.05, 3.63) is 41.3 Å². The van der Waals surface area contributed by atoms with Gasteiger partial charge in [-0.2, -0.15) is 4.31 Å². The minimum atomic E-state index is -4.00. The molecule has 1 saturated heterocycles. The first-order valence-corrected chi connectivity index (χ1v) is 9.36. The lowest BCUT2D eigenvalue weighted by Gasteiger charge is -2.23. The van der Waals surface area contributed by atoms with Crippen molar-refractivity contribution in [2.24, 2.45) is 0 Å². The molecule has 0 spiro atoms. The Labute approximate surface area is 149 Å². The zero-order valence-electron chi connectivity index (χ0n) is 14.1. The van der Waals surface area contributed by atoms with Crippen LogP contribution in [0.1, 0.15) is 24.3 Å². The van der Waals surface area contributed by atoms with Crippen LogP contribution in [-0.2, 0) is 14.8 Å². The third-order valence-electron chi connectivity index (χ3n) is 4.23. The van der Waals surface area contributed by atoms with Crippen molar-refractivity contribution >= 4 is 21.6 Å². The van der Waals surface area contributed by atoms with Gasteiger partial charge >= 0.3 is 0 Å². The number of nitrogens with one attached hydrogen (secondary N) is 1. The molecule has 3 rings (SSSR count). The van der Waals surface area contributed by atoms with Crippen LogP contribution in [0.4, 0.5) is 14.5 Å². The molecule has 26 heavy (non-hydrogen) atoms. The summed E-state index contributed by atoms with van der Waals surface area (Å²) in [5, 5.41) is 5.98. The Bertz CT molecular complexity index is 939. The van der Waals surface area contributed by atoms with Crippen molar-refractivity contribution in [1.82, 2.24) is 9.46 Å². The third kappa shape index (κ3) is 3.21. The zero-order chi connectivity index (χ0) is 19.1. The van der Waals surface area contributed by atoms with Crippen molar-refractivity contribution in [1.29, 1.82) is 0 Å². The highest BCUT2D eigenvalue weighted by molar-refractivity contribution is 7.89. The Morgan fingerprint density at radius 1 is 1.35 bits per heavy atom. The van der Waals surface area contributed by atoms with Gasteiger partial charge in [-0.05, 0) is 38.8 Å². The van der Waals surface area contributed by atoms with Gasteiger partial charge in [0.1, 0.15) is 28.3 Å². The summed E-state index contributed by atoms with van der Waals surface area (Å²) in [6, 6.07) is 1.73. The second-order valence-corrected chi connectivity index (χ2v) is 7.87. The van der Waals surface area contributed by atoms with Crippen LogP contribution in [0.5, 0.6) is 0 Å². The highest BCUT2D eigenvalue weighted by atomic mass is 32.2. The highest BCUT2D eigenvalue weighted by Crippen LogP contribution is 2.30. The largest absolute Gasteiger partial charge is 0.360 e. The van der Waals surface area contributed by atoms with Crippen molar-refractivity contribution in [3.8, 4) is 0 Å². The molecule has 2 heterocycles. The molecule has 2 aromatic rings. The van der Waals surface area contributed by atoms with Gasteiger partial charge in [0.15, 0.2) is 5.76 Å². The van der Waals surface area contributed by atoms with E-state index in [9.17, 15) is 22.0 Å². The molecule has 7 nitrogen and oxygen atoms in total. The van der Waals surface area contributed by atoms with E-state index in [1.54, 1.807) is 0 Å². The molecule has 0 saturated carbocycles. The SMILES string of the molecule is Cc1noc(C)c1S(=O)(=O)N1CCCC1C(=O)Nc1ccc(F)cc1F. The summed E-state index contributed by atoms with van der Waals surface area (Å²) in [5.41, 5.74) is -0.00359. The van der Waals surface area contributed by atoms with Gasteiger partial charge in [-0.3, -0.25) is 4.79 Å². The number of hydrogen-bond donors (Lipinski definition) is 1. The van der Waals surface area contributed by atoms with E-state index < -0.39 is 33.6 Å². The number of anilines is 1. The van der Waals surface area contributed by atoms with Crippen LogP contribution in [0.3, 0.4) is 0 Å². The van der Waals surface area contributed by atoms with E-state index in [-0.39, 0.29) is 35.0 Å². The molecule has 10 heteroatoms. The lowest BCUT2D eigenvalue weighted by Crippen LogP contribution is -2.43. The molecule has 0 bridgehead atoms. The average molecular weight is 385 g/mol. The molecule has 1 N–H and O–H groups in total. The second-order valence-electron chi connectivity index (χ2n) is 6.04. The van der Waals surface area contributed by atoms with Gasteiger partial charge in [-0.15, -0.1) is 0 Å². The Kier molecular flexibility index (Phi) is 4.80. The third-order valence-corrected chi connectivity index (χ3v) is 6.38. The molecule has 1 fully saturated rings. The predicted octanol–water partition coefficient (Wildman–Crippen LogP) is 2.36. The highest BCUT2D eigenvalue weighted by Gasteiger charge is 2.42. The maximum atomic E-state index is 13.8. The van der Waals surface area contributed by atoms with Gasteiger partial charge < -0.3 is 9.84 Å². The number of hydrogen-bond acceptors (Lipinski definition) is 5. The molecule has 0 aliphatic carbocycles. The monoisotopic (exact) mass is 385 g/mol. The molecule has 1 unspecified atom stereocenters. The Balaban J connectivity index is 1.87. The van der Waals surface area contributed by atoms with E-state index >= 15 is 0 Å². The number of carbonyl (C=O) groups is 1. The van der Waals surface area contributed by atoms with Crippen molar-refractivity contribution in [2.75, 3.05) is 11.9 Å². The maximum absolute atomic E-state index is 13.8. The Morgan fingerprint density at radius 2 is 2.08 bits per heavy atom. The number of rotatable bonds is 4. The molecule has 140 valence electrons. The van der Waals surface area contributed by atoms with Crippen LogP contribution in [0.25, 0.3) is 0 Å². The predicted molar refractivity (Wildman–Crippen MR) is 87.9 cm³/mol. The smallest absolute Gasteiger partial charge is 0.249 e. The number of amides is 1. The number of carbonyl (C=O) groups excluding carboxylic acids is 1. The quantitative estimate of drug-likeness (QED) is 0.872. The summed E-state index contributed by atoms with van der Waals surface area (Å²) >= 11 is 0. The number of aromatic nitrogens is 1. The minimum absolute atomic E-state index is 0.0647. The van der Waals surface area contributed by atoms with E-state index in [1.165, 1.54) is 13.8 Å². The van der Waals surface area contributed by atoms with Crippen LogP contribution in [0.15, 0.2) is 27.6 Å². The molecule has 1 aromatic heterocycles. The van der Waals surface area contributed by atoms with Gasteiger partial charge in [0.25, 0.3) is 0 Å². The molecule has 1 aliphatic rings. The maximum Gasteiger partial charge on any atom is 0.249 e. The standard InChI is InChI=1S/C16H17F2N3O4S/c1-9-15(10(2)25-20-9)26(23,24)21-7-3-4-14(21)16(22)19-13-6-5-11(17)8-12(13)18/h5-6,8,14H,3-4,7H2,1-2H3,(H,19,22). The van der Waals surface area contributed by atoms with Crippen LogP contribution in [0, 0.1) is 25.5 Å². The second kappa shape index (κ2) is 6.76. The van der Waals surface area contributed by atoms with Crippen LogP contribution in [0.2, 0.25) is 0 Å². The van der Waals surface area contributed by atoms with E-state index in [0.29, 0.717) is 12.5 Å². The van der Waals surface area contributed by atoms with Gasteiger partial charge in [-0.25, -0.2) is 17.2 Å². The van der Waals surface area contributed by atoms with Crippen molar-refractivity contribution < 1.29 is 26.5 Å².